The Morgan fingerprint density at radius 2 is 2.13 bits per heavy atom. The molecule has 1 amide bonds. The van der Waals surface area contributed by atoms with Gasteiger partial charge in [-0.2, -0.15) is 5.10 Å². The number of nitrogens with zero attached hydrogens (tertiary/aromatic N) is 4. The second-order valence-electron chi connectivity index (χ2n) is 7.51. The van der Waals surface area contributed by atoms with Crippen LogP contribution in [0.15, 0.2) is 41.7 Å². The Kier molecular flexibility index (Phi) is 9.61. The maximum atomic E-state index is 12.2. The third kappa shape index (κ3) is 6.45. The quantitative estimate of drug-likeness (QED) is 0.332. The van der Waals surface area contributed by atoms with Gasteiger partial charge in [0.05, 0.1) is 12.7 Å². The van der Waals surface area contributed by atoms with Crippen molar-refractivity contribution in [3.05, 3.63) is 53.3 Å². The summed E-state index contributed by atoms with van der Waals surface area (Å²) in [5.41, 5.74) is 3.01. The fraction of sp³-hybridized carbons (Fsp3) is 0.500. The number of carbonyl (C=O) groups excluding carboxylic acids is 1. The number of amides is 1. The molecule has 1 saturated heterocycles. The van der Waals surface area contributed by atoms with Gasteiger partial charge in [0.2, 0.25) is 0 Å². The van der Waals surface area contributed by atoms with Crippen molar-refractivity contribution in [3.8, 4) is 0 Å². The normalized spacial score (nSPS) is 16.3. The van der Waals surface area contributed by atoms with Crippen molar-refractivity contribution >= 4 is 35.8 Å². The highest BCUT2D eigenvalue weighted by molar-refractivity contribution is 14.0. The van der Waals surface area contributed by atoms with Crippen molar-refractivity contribution in [3.63, 3.8) is 0 Å². The second-order valence-corrected chi connectivity index (χ2v) is 7.51. The number of aryl methyl sites for hydroxylation is 1. The van der Waals surface area contributed by atoms with Crippen LogP contribution in [0, 0.1) is 0 Å². The Morgan fingerprint density at radius 1 is 1.30 bits per heavy atom. The summed E-state index contributed by atoms with van der Waals surface area (Å²) in [5.74, 6) is 1.39. The standard InChI is InChI=1S/C22H32N6O.HI/c1-4-10-24-21(29)18-8-6-7-17(12-18)13-25-22(23-5-2)28-11-9-19(16-28)20-14-26-27(3)15-20;/h6-8,12,14-15,19H,4-5,9-11,13,16H2,1-3H3,(H,23,25)(H,24,29);1H. The lowest BCUT2D eigenvalue weighted by Gasteiger charge is -2.21. The number of carbonyl (C=O) groups is 1. The van der Waals surface area contributed by atoms with E-state index in [0.29, 0.717) is 24.6 Å². The molecule has 8 heteroatoms. The molecule has 7 nitrogen and oxygen atoms in total. The molecule has 0 spiro atoms. The van der Waals surface area contributed by atoms with E-state index in [0.717, 1.165) is 44.0 Å². The molecule has 0 radical (unpaired) electrons. The first-order valence-electron chi connectivity index (χ1n) is 10.5. The SMILES string of the molecule is CCCNC(=O)c1cccc(CN=C(NCC)N2CCC(c3cnn(C)c3)C2)c1.I. The number of hydrogen-bond donors (Lipinski definition) is 2. The summed E-state index contributed by atoms with van der Waals surface area (Å²) in [6.45, 7) is 8.12. The van der Waals surface area contributed by atoms with Crippen molar-refractivity contribution in [1.29, 1.82) is 0 Å². The van der Waals surface area contributed by atoms with Gasteiger partial charge in [0, 0.05) is 50.9 Å². The molecule has 1 aliphatic heterocycles. The van der Waals surface area contributed by atoms with Crippen LogP contribution < -0.4 is 10.6 Å². The van der Waals surface area contributed by atoms with Crippen LogP contribution in [-0.4, -0.2) is 52.7 Å². The first-order valence-corrected chi connectivity index (χ1v) is 10.5. The fourth-order valence-corrected chi connectivity index (χ4v) is 3.62. The molecular weight excluding hydrogens is 491 g/mol. The molecule has 1 aliphatic rings. The molecule has 2 aromatic rings. The van der Waals surface area contributed by atoms with E-state index in [-0.39, 0.29) is 29.9 Å². The first-order chi connectivity index (χ1) is 14.1. The summed E-state index contributed by atoms with van der Waals surface area (Å²) in [5, 5.41) is 10.6. The molecular formula is C22H33IN6O. The van der Waals surface area contributed by atoms with Crippen LogP contribution in [0.25, 0.3) is 0 Å². The van der Waals surface area contributed by atoms with Crippen molar-refractivity contribution in [2.24, 2.45) is 12.0 Å². The second kappa shape index (κ2) is 11.9. The third-order valence-corrected chi connectivity index (χ3v) is 5.16. The van der Waals surface area contributed by atoms with Crippen molar-refractivity contribution in [2.75, 3.05) is 26.2 Å². The van der Waals surface area contributed by atoms with Crippen LogP contribution in [0.1, 0.15) is 54.1 Å². The van der Waals surface area contributed by atoms with E-state index in [2.05, 4.69) is 33.8 Å². The zero-order valence-electron chi connectivity index (χ0n) is 18.1. The molecule has 1 aromatic carbocycles. The molecule has 2 N–H and O–H groups in total. The van der Waals surface area contributed by atoms with Crippen molar-refractivity contribution < 1.29 is 4.79 Å². The number of hydrogen-bond acceptors (Lipinski definition) is 3. The van der Waals surface area contributed by atoms with Gasteiger partial charge in [0.15, 0.2) is 5.96 Å². The van der Waals surface area contributed by atoms with Crippen LogP contribution in [-0.2, 0) is 13.6 Å². The Balaban J connectivity index is 0.00000320. The molecule has 0 bridgehead atoms. The predicted octanol–water partition coefficient (Wildman–Crippen LogP) is 3.13. The van der Waals surface area contributed by atoms with E-state index < -0.39 is 0 Å². The lowest BCUT2D eigenvalue weighted by atomic mass is 10.0. The van der Waals surface area contributed by atoms with Gasteiger partial charge >= 0.3 is 0 Å². The monoisotopic (exact) mass is 524 g/mol. The Hall–Kier alpha value is -2.10. The highest BCUT2D eigenvalue weighted by atomic mass is 127. The molecule has 1 aromatic heterocycles. The van der Waals surface area contributed by atoms with E-state index in [1.807, 2.05) is 49.1 Å². The zero-order valence-corrected chi connectivity index (χ0v) is 20.4. The molecule has 2 heterocycles. The minimum Gasteiger partial charge on any atom is -0.357 e. The minimum atomic E-state index is -0.0246. The highest BCUT2D eigenvalue weighted by Gasteiger charge is 2.26. The summed E-state index contributed by atoms with van der Waals surface area (Å²) < 4.78 is 1.86. The molecule has 0 aliphatic carbocycles. The van der Waals surface area contributed by atoms with Gasteiger partial charge in [-0.1, -0.05) is 19.1 Å². The van der Waals surface area contributed by atoms with Crippen molar-refractivity contribution in [2.45, 2.75) is 39.2 Å². The molecule has 164 valence electrons. The Morgan fingerprint density at radius 3 is 2.83 bits per heavy atom. The number of benzene rings is 1. The van der Waals surface area contributed by atoms with Crippen LogP contribution in [0.4, 0.5) is 0 Å². The molecule has 3 rings (SSSR count). The summed E-state index contributed by atoms with van der Waals surface area (Å²) in [6.07, 6.45) is 6.10. The number of likely N-dealkylation sites (tertiary alicyclic amines) is 1. The van der Waals surface area contributed by atoms with Crippen LogP contribution in [0.3, 0.4) is 0 Å². The molecule has 1 atom stereocenters. The lowest BCUT2D eigenvalue weighted by molar-refractivity contribution is 0.0953. The average Bonchev–Trinajstić information content (AvgIpc) is 3.38. The van der Waals surface area contributed by atoms with E-state index in [4.69, 9.17) is 4.99 Å². The topological polar surface area (TPSA) is 74.6 Å². The van der Waals surface area contributed by atoms with E-state index in [1.165, 1.54) is 5.56 Å². The number of nitrogens with one attached hydrogen (secondary N) is 2. The largest absolute Gasteiger partial charge is 0.357 e. The fourth-order valence-electron chi connectivity index (χ4n) is 3.62. The number of guanidine groups is 1. The predicted molar refractivity (Wildman–Crippen MR) is 131 cm³/mol. The van der Waals surface area contributed by atoms with Gasteiger partial charge in [-0.3, -0.25) is 9.48 Å². The smallest absolute Gasteiger partial charge is 0.251 e. The molecule has 0 saturated carbocycles. The Labute approximate surface area is 196 Å². The molecule has 1 fully saturated rings. The van der Waals surface area contributed by atoms with Crippen LogP contribution in [0.5, 0.6) is 0 Å². The number of rotatable bonds is 7. The highest BCUT2D eigenvalue weighted by Crippen LogP contribution is 2.26. The van der Waals surface area contributed by atoms with Gasteiger partial charge in [0.25, 0.3) is 5.91 Å². The first kappa shape index (κ1) is 24.2. The van der Waals surface area contributed by atoms with Gasteiger partial charge in [-0.05, 0) is 43.0 Å². The van der Waals surface area contributed by atoms with Crippen molar-refractivity contribution in [1.82, 2.24) is 25.3 Å². The molecule has 1 unspecified atom stereocenters. The summed E-state index contributed by atoms with van der Waals surface area (Å²) >= 11 is 0. The molecule has 30 heavy (non-hydrogen) atoms. The summed E-state index contributed by atoms with van der Waals surface area (Å²) in [7, 11) is 1.96. The van der Waals surface area contributed by atoms with E-state index in [1.54, 1.807) is 0 Å². The van der Waals surface area contributed by atoms with Crippen LogP contribution in [0.2, 0.25) is 0 Å². The summed E-state index contributed by atoms with van der Waals surface area (Å²) in [4.78, 5) is 19.4. The number of halogens is 1. The number of aliphatic imine (C=N–C) groups is 1. The van der Waals surface area contributed by atoms with E-state index in [9.17, 15) is 4.79 Å². The summed E-state index contributed by atoms with van der Waals surface area (Å²) in [6, 6.07) is 7.72. The Bertz CT molecular complexity index is 850. The maximum absolute atomic E-state index is 12.2. The zero-order chi connectivity index (χ0) is 20.6. The van der Waals surface area contributed by atoms with Gasteiger partial charge in [0.1, 0.15) is 0 Å². The number of aromatic nitrogens is 2. The van der Waals surface area contributed by atoms with Gasteiger partial charge in [-0.15, -0.1) is 24.0 Å². The van der Waals surface area contributed by atoms with Gasteiger partial charge < -0.3 is 15.5 Å². The average molecular weight is 524 g/mol. The maximum Gasteiger partial charge on any atom is 0.251 e. The minimum absolute atomic E-state index is 0. The third-order valence-electron chi connectivity index (χ3n) is 5.16. The lowest BCUT2D eigenvalue weighted by Crippen LogP contribution is -2.40. The van der Waals surface area contributed by atoms with E-state index >= 15 is 0 Å². The van der Waals surface area contributed by atoms with Gasteiger partial charge in [-0.25, -0.2) is 4.99 Å². The van der Waals surface area contributed by atoms with Crippen LogP contribution >= 0.6 is 24.0 Å².